The predicted octanol–water partition coefficient (Wildman–Crippen LogP) is 10.1. The van der Waals surface area contributed by atoms with Crippen LogP contribution in [0.3, 0.4) is 0 Å². The summed E-state index contributed by atoms with van der Waals surface area (Å²) in [5.41, 5.74) is 2.70. The van der Waals surface area contributed by atoms with Gasteiger partial charge in [0.25, 0.3) is 5.56 Å². The van der Waals surface area contributed by atoms with Crippen molar-refractivity contribution in [2.24, 2.45) is 0 Å². The number of methoxy groups -OCH3 is 1. The first-order valence-electron chi connectivity index (χ1n) is 20.8. The van der Waals surface area contributed by atoms with Crippen molar-refractivity contribution in [1.29, 1.82) is 0 Å². The summed E-state index contributed by atoms with van der Waals surface area (Å²) in [7, 11) is 1.48. The summed E-state index contributed by atoms with van der Waals surface area (Å²) in [5.74, 6) is -1.91. The Morgan fingerprint density at radius 1 is 0.667 bits per heavy atom. The van der Waals surface area contributed by atoms with Crippen molar-refractivity contribution in [1.82, 2.24) is 14.1 Å². The zero-order valence-corrected chi connectivity index (χ0v) is 36.6. The first kappa shape index (κ1) is 43.5. The van der Waals surface area contributed by atoms with Crippen LogP contribution in [0.2, 0.25) is 5.02 Å². The quantitative estimate of drug-likeness (QED) is 0.0658. The van der Waals surface area contributed by atoms with Crippen LogP contribution >= 0.6 is 23.8 Å². The van der Waals surface area contributed by atoms with Gasteiger partial charge in [-0.3, -0.25) is 9.36 Å². The van der Waals surface area contributed by atoms with Gasteiger partial charge in [0.1, 0.15) is 18.5 Å². The number of carbonyl (C=O) groups excluding carboxylic acids is 3. The number of ether oxygens (including phenoxy) is 5. The number of esters is 3. The molecule has 0 N–H and O–H groups in total. The molecule has 1 fully saturated rings. The highest BCUT2D eigenvalue weighted by molar-refractivity contribution is 7.71. The molecule has 6 aromatic carbocycles. The predicted molar refractivity (Wildman–Crippen MR) is 251 cm³/mol. The number of fused-ring (bicyclic) bond motifs is 1. The lowest BCUT2D eigenvalue weighted by Crippen LogP contribution is -2.42. The van der Waals surface area contributed by atoms with Gasteiger partial charge in [-0.05, 0) is 84.5 Å². The number of aromatic nitrogens is 3. The average molecular weight is 916 g/mol. The standard InChI is InChI=1S/C52H38ClN3O9S/c1-61-41-25-15-14-24-40(41)55-47(57)43-38(32-16-6-2-7-17-32)30-39(33-26-28-37(53)29-27-33)54-46(43)56(52(55)66)48-45(65-51(60)36-22-12-5-13-23-36)44(64-50(59)35-20-10-4-11-21-35)42(63-48)31-62-49(58)34-18-8-3-9-19-34/h2-30,42,44-45,48H,31H2,1H3/t42-,44-,45-,48-/m1/s1. The molecule has 12 nitrogen and oxygen atoms in total. The molecule has 14 heteroatoms. The maximum Gasteiger partial charge on any atom is 0.338 e. The third kappa shape index (κ3) is 8.74. The highest BCUT2D eigenvalue weighted by Gasteiger charge is 2.52. The number of halogens is 1. The van der Waals surface area contributed by atoms with Crippen LogP contribution in [0.25, 0.3) is 39.1 Å². The van der Waals surface area contributed by atoms with E-state index in [1.807, 2.05) is 30.3 Å². The van der Waals surface area contributed by atoms with Gasteiger partial charge >= 0.3 is 17.9 Å². The second-order valence-corrected chi connectivity index (χ2v) is 15.9. The number of para-hydroxylation sites is 2. The summed E-state index contributed by atoms with van der Waals surface area (Å²) in [6.45, 7) is -0.466. The van der Waals surface area contributed by atoms with Gasteiger partial charge in [0, 0.05) is 16.1 Å². The first-order chi connectivity index (χ1) is 32.2. The number of pyridine rings is 1. The van der Waals surface area contributed by atoms with Crippen LogP contribution in [0.5, 0.6) is 5.75 Å². The number of benzene rings is 6. The Kier molecular flexibility index (Phi) is 12.7. The van der Waals surface area contributed by atoms with Crippen molar-refractivity contribution in [3.05, 3.63) is 213 Å². The molecular formula is C52H38ClN3O9S. The molecule has 1 aliphatic heterocycles. The molecule has 0 bridgehead atoms. The van der Waals surface area contributed by atoms with E-state index in [0.717, 1.165) is 0 Å². The Balaban J connectivity index is 1.32. The number of rotatable bonds is 12. The van der Waals surface area contributed by atoms with Gasteiger partial charge in [0.2, 0.25) is 0 Å². The lowest BCUT2D eigenvalue weighted by molar-refractivity contribution is -0.0617. The third-order valence-corrected chi connectivity index (χ3v) is 11.7. The third-order valence-electron chi connectivity index (χ3n) is 11.0. The van der Waals surface area contributed by atoms with Gasteiger partial charge in [0.15, 0.2) is 28.9 Å². The number of hydrogen-bond acceptors (Lipinski definition) is 11. The topological polar surface area (TPSA) is 137 Å². The van der Waals surface area contributed by atoms with Gasteiger partial charge in [-0.1, -0.05) is 121 Å². The van der Waals surface area contributed by atoms with E-state index in [-0.39, 0.29) is 32.5 Å². The summed E-state index contributed by atoms with van der Waals surface area (Å²) >= 11 is 12.7. The van der Waals surface area contributed by atoms with E-state index in [1.54, 1.807) is 146 Å². The fraction of sp³-hybridized carbons (Fsp3) is 0.115. The van der Waals surface area contributed by atoms with Crippen molar-refractivity contribution in [2.45, 2.75) is 24.5 Å². The maximum atomic E-state index is 15.4. The van der Waals surface area contributed by atoms with Gasteiger partial charge in [0.05, 0.1) is 40.6 Å². The molecule has 0 unspecified atom stereocenters. The number of nitrogens with zero attached hydrogens (tertiary/aromatic N) is 3. The zero-order chi connectivity index (χ0) is 45.7. The van der Waals surface area contributed by atoms with Crippen LogP contribution in [-0.2, 0) is 18.9 Å². The van der Waals surface area contributed by atoms with Gasteiger partial charge in [-0.2, -0.15) is 0 Å². The molecule has 8 aromatic rings. The van der Waals surface area contributed by atoms with E-state index in [4.69, 9.17) is 52.5 Å². The Morgan fingerprint density at radius 2 is 1.20 bits per heavy atom. The van der Waals surface area contributed by atoms with Gasteiger partial charge in [-0.25, -0.2) is 23.9 Å². The van der Waals surface area contributed by atoms with E-state index in [0.29, 0.717) is 38.8 Å². The summed E-state index contributed by atoms with van der Waals surface area (Å²) in [5, 5.41) is 0.620. The average Bonchev–Trinajstić information content (AvgIpc) is 3.68. The minimum absolute atomic E-state index is 0.0447. The second kappa shape index (κ2) is 19.2. The fourth-order valence-electron chi connectivity index (χ4n) is 7.85. The molecule has 66 heavy (non-hydrogen) atoms. The fourth-order valence-corrected chi connectivity index (χ4v) is 8.35. The summed E-state index contributed by atoms with van der Waals surface area (Å²) in [6, 6.07) is 49.9. The minimum Gasteiger partial charge on any atom is -0.495 e. The summed E-state index contributed by atoms with van der Waals surface area (Å²) < 4.78 is 33.8. The largest absolute Gasteiger partial charge is 0.495 e. The maximum absolute atomic E-state index is 15.4. The van der Waals surface area contributed by atoms with Crippen LogP contribution < -0.4 is 10.3 Å². The molecule has 3 heterocycles. The molecule has 9 rings (SSSR count). The van der Waals surface area contributed by atoms with Crippen LogP contribution in [0.15, 0.2) is 181 Å². The van der Waals surface area contributed by atoms with E-state index < -0.39 is 54.6 Å². The summed E-state index contributed by atoms with van der Waals surface area (Å²) in [4.78, 5) is 62.4. The molecule has 2 aromatic heterocycles. The van der Waals surface area contributed by atoms with Gasteiger partial charge in [-0.15, -0.1) is 0 Å². The highest BCUT2D eigenvalue weighted by atomic mass is 35.5. The Bertz CT molecular complexity index is 3190. The zero-order valence-electron chi connectivity index (χ0n) is 35.1. The molecule has 0 amide bonds. The number of carbonyl (C=O) groups is 3. The smallest absolute Gasteiger partial charge is 0.338 e. The summed E-state index contributed by atoms with van der Waals surface area (Å²) in [6.07, 6.45) is -5.71. The molecule has 0 radical (unpaired) electrons. The van der Waals surface area contributed by atoms with Gasteiger partial charge < -0.3 is 23.7 Å². The molecule has 1 aliphatic rings. The minimum atomic E-state index is -1.51. The molecule has 0 aliphatic carbocycles. The van der Waals surface area contributed by atoms with Crippen molar-refractivity contribution in [3.8, 4) is 33.8 Å². The molecule has 0 spiro atoms. The first-order valence-corrected chi connectivity index (χ1v) is 21.6. The molecule has 1 saturated heterocycles. The van der Waals surface area contributed by atoms with E-state index in [1.165, 1.54) is 16.2 Å². The van der Waals surface area contributed by atoms with Crippen molar-refractivity contribution in [2.75, 3.05) is 13.7 Å². The monoisotopic (exact) mass is 915 g/mol. The molecule has 0 saturated carbocycles. The Labute approximate surface area is 388 Å². The molecule has 4 atom stereocenters. The van der Waals surface area contributed by atoms with Crippen molar-refractivity contribution >= 4 is 52.8 Å². The Morgan fingerprint density at radius 3 is 1.79 bits per heavy atom. The molecular weight excluding hydrogens is 878 g/mol. The van der Waals surface area contributed by atoms with E-state index in [9.17, 15) is 14.4 Å². The van der Waals surface area contributed by atoms with Crippen LogP contribution in [0.4, 0.5) is 0 Å². The van der Waals surface area contributed by atoms with Crippen molar-refractivity contribution < 1.29 is 38.1 Å². The lowest BCUT2D eigenvalue weighted by Gasteiger charge is -2.27. The van der Waals surface area contributed by atoms with Crippen molar-refractivity contribution in [3.63, 3.8) is 0 Å². The number of hydrogen-bond donors (Lipinski definition) is 0. The molecule has 328 valence electrons. The van der Waals surface area contributed by atoms with E-state index >= 15 is 4.79 Å². The van der Waals surface area contributed by atoms with Crippen LogP contribution in [0.1, 0.15) is 37.3 Å². The Hall–Kier alpha value is -7.71. The van der Waals surface area contributed by atoms with E-state index in [2.05, 4.69) is 0 Å². The normalized spacial score (nSPS) is 16.6. The lowest BCUT2D eigenvalue weighted by atomic mass is 10.00. The van der Waals surface area contributed by atoms with Crippen LogP contribution in [-0.4, -0.2) is 64.1 Å². The second-order valence-electron chi connectivity index (χ2n) is 15.1. The highest BCUT2D eigenvalue weighted by Crippen LogP contribution is 2.40. The SMILES string of the molecule is COc1ccccc1-n1c(=O)c2c(-c3ccccc3)cc(-c3ccc(Cl)cc3)nc2n([C@@H]2O[C@H](COC(=O)c3ccccc3)[C@@H](OC(=O)c3ccccc3)[C@H]2OC(=O)c2ccccc2)c1=S. The van der Waals surface area contributed by atoms with Crippen LogP contribution in [0, 0.1) is 4.77 Å².